The standard InChI is InChI=1S/C25H28N2O7S/c1-16(12-23(28)27(13-24(29)30)17-10-11-35(32,33)15-17)26-25(31)34-14-22-20-8-4-2-6-18(20)19-7-3-5-9-21(19)22/h2-9,16-17,22H,10-15H2,1H3,(H,26,31)(H,29,30). The first kappa shape index (κ1) is 24.7. The minimum atomic E-state index is -3.29. The number of benzene rings is 2. The van der Waals surface area contributed by atoms with Crippen molar-refractivity contribution in [2.24, 2.45) is 0 Å². The number of carboxylic acids is 1. The number of alkyl carbamates (subject to hydrolysis) is 1. The Morgan fingerprint density at radius 1 is 1.09 bits per heavy atom. The van der Waals surface area contributed by atoms with Crippen LogP contribution < -0.4 is 5.32 Å². The molecule has 1 fully saturated rings. The van der Waals surface area contributed by atoms with Gasteiger partial charge in [0.1, 0.15) is 13.2 Å². The van der Waals surface area contributed by atoms with Gasteiger partial charge < -0.3 is 20.1 Å². The van der Waals surface area contributed by atoms with Gasteiger partial charge in [-0.1, -0.05) is 48.5 Å². The van der Waals surface area contributed by atoms with Gasteiger partial charge in [0.2, 0.25) is 5.91 Å². The van der Waals surface area contributed by atoms with Gasteiger partial charge >= 0.3 is 12.1 Å². The van der Waals surface area contributed by atoms with E-state index in [1.807, 2.05) is 48.5 Å². The molecule has 186 valence electrons. The first-order valence-corrected chi connectivity index (χ1v) is 13.3. The number of rotatable bonds is 8. The highest BCUT2D eigenvalue weighted by molar-refractivity contribution is 7.91. The average molecular weight is 501 g/mol. The summed E-state index contributed by atoms with van der Waals surface area (Å²) in [5.41, 5.74) is 4.40. The summed E-state index contributed by atoms with van der Waals surface area (Å²) in [7, 11) is -3.29. The third-order valence-electron chi connectivity index (χ3n) is 6.46. The molecule has 2 atom stereocenters. The summed E-state index contributed by atoms with van der Waals surface area (Å²) in [6, 6.07) is 14.6. The maximum Gasteiger partial charge on any atom is 0.407 e. The van der Waals surface area contributed by atoms with Crippen LogP contribution in [0.3, 0.4) is 0 Å². The molecule has 2 aliphatic rings. The van der Waals surface area contributed by atoms with Crippen LogP contribution in [0.25, 0.3) is 11.1 Å². The van der Waals surface area contributed by atoms with Gasteiger partial charge in [-0.15, -0.1) is 0 Å². The molecule has 2 unspecified atom stereocenters. The Morgan fingerprint density at radius 2 is 1.69 bits per heavy atom. The van der Waals surface area contributed by atoms with E-state index in [0.29, 0.717) is 0 Å². The van der Waals surface area contributed by atoms with Gasteiger partial charge in [0, 0.05) is 24.4 Å². The molecule has 4 rings (SSSR count). The molecule has 1 heterocycles. The monoisotopic (exact) mass is 500 g/mol. The minimum absolute atomic E-state index is 0.0748. The fourth-order valence-corrected chi connectivity index (χ4v) is 6.59. The molecular formula is C25H28N2O7S. The zero-order valence-electron chi connectivity index (χ0n) is 19.3. The number of aliphatic carboxylic acids is 1. The van der Waals surface area contributed by atoms with Crippen molar-refractivity contribution in [1.82, 2.24) is 10.2 Å². The van der Waals surface area contributed by atoms with Crippen LogP contribution in [0.15, 0.2) is 48.5 Å². The smallest absolute Gasteiger partial charge is 0.407 e. The molecule has 1 aliphatic carbocycles. The Hall–Kier alpha value is -3.40. The molecule has 9 nitrogen and oxygen atoms in total. The largest absolute Gasteiger partial charge is 0.480 e. The summed E-state index contributed by atoms with van der Waals surface area (Å²) in [6.45, 7) is 1.16. The van der Waals surface area contributed by atoms with Gasteiger partial charge in [-0.3, -0.25) is 9.59 Å². The third kappa shape index (κ3) is 5.64. The molecule has 2 aromatic carbocycles. The van der Waals surface area contributed by atoms with Crippen molar-refractivity contribution in [3.63, 3.8) is 0 Å². The summed E-state index contributed by atoms with van der Waals surface area (Å²) in [5, 5.41) is 11.8. The number of sulfone groups is 1. The van der Waals surface area contributed by atoms with Crippen LogP contribution in [0.5, 0.6) is 0 Å². The molecule has 0 bridgehead atoms. The van der Waals surface area contributed by atoms with Gasteiger partial charge in [-0.2, -0.15) is 0 Å². The number of nitrogens with zero attached hydrogens (tertiary/aromatic N) is 1. The zero-order valence-corrected chi connectivity index (χ0v) is 20.2. The van der Waals surface area contributed by atoms with Crippen LogP contribution in [0.2, 0.25) is 0 Å². The summed E-state index contributed by atoms with van der Waals surface area (Å²) in [4.78, 5) is 37.6. The molecule has 0 aromatic heterocycles. The number of hydrogen-bond donors (Lipinski definition) is 2. The molecular weight excluding hydrogens is 472 g/mol. The highest BCUT2D eigenvalue weighted by Crippen LogP contribution is 2.44. The van der Waals surface area contributed by atoms with Gasteiger partial charge in [0.25, 0.3) is 0 Å². The van der Waals surface area contributed by atoms with Crippen LogP contribution in [0, 0.1) is 0 Å². The maximum absolute atomic E-state index is 12.8. The van der Waals surface area contributed by atoms with Crippen molar-refractivity contribution in [3.05, 3.63) is 59.7 Å². The summed E-state index contributed by atoms with van der Waals surface area (Å²) >= 11 is 0. The number of amides is 2. The van der Waals surface area contributed by atoms with Crippen LogP contribution in [0.4, 0.5) is 4.79 Å². The van der Waals surface area contributed by atoms with Crippen molar-refractivity contribution in [1.29, 1.82) is 0 Å². The Balaban J connectivity index is 1.34. The Morgan fingerprint density at radius 3 is 2.23 bits per heavy atom. The quantitative estimate of drug-likeness (QED) is 0.569. The zero-order chi connectivity index (χ0) is 25.2. The molecule has 0 saturated carbocycles. The molecule has 0 spiro atoms. The second kappa shape index (κ2) is 10.1. The molecule has 10 heteroatoms. The van der Waals surface area contributed by atoms with Crippen LogP contribution in [-0.2, 0) is 24.2 Å². The Labute approximate surface area is 204 Å². The molecule has 1 aliphatic heterocycles. The van der Waals surface area contributed by atoms with Crippen LogP contribution in [0.1, 0.15) is 36.8 Å². The van der Waals surface area contributed by atoms with Gasteiger partial charge in [-0.25, -0.2) is 13.2 Å². The number of fused-ring (bicyclic) bond motifs is 3. The van der Waals surface area contributed by atoms with E-state index in [4.69, 9.17) is 4.74 Å². The van der Waals surface area contributed by atoms with Crippen molar-refractivity contribution in [2.75, 3.05) is 24.7 Å². The number of hydrogen-bond acceptors (Lipinski definition) is 6. The molecule has 2 aromatic rings. The highest BCUT2D eigenvalue weighted by Gasteiger charge is 2.36. The fourth-order valence-electron chi connectivity index (χ4n) is 4.86. The Kier molecular flexibility index (Phi) is 7.11. The van der Waals surface area contributed by atoms with Crippen LogP contribution >= 0.6 is 0 Å². The van der Waals surface area contributed by atoms with Gasteiger partial charge in [0.05, 0.1) is 11.5 Å². The predicted molar refractivity (Wildman–Crippen MR) is 129 cm³/mol. The number of carbonyl (C=O) groups excluding carboxylic acids is 2. The molecule has 35 heavy (non-hydrogen) atoms. The number of ether oxygens (including phenoxy) is 1. The summed E-state index contributed by atoms with van der Waals surface area (Å²) in [6.07, 6.45) is -0.649. The second-order valence-corrected chi connectivity index (χ2v) is 11.3. The van der Waals surface area contributed by atoms with E-state index in [1.54, 1.807) is 6.92 Å². The van der Waals surface area contributed by atoms with Crippen molar-refractivity contribution >= 4 is 27.8 Å². The van der Waals surface area contributed by atoms with E-state index in [0.717, 1.165) is 27.2 Å². The lowest BCUT2D eigenvalue weighted by molar-refractivity contribution is -0.146. The summed E-state index contributed by atoms with van der Waals surface area (Å²) in [5.74, 6) is -2.17. The van der Waals surface area contributed by atoms with Gasteiger partial charge in [-0.05, 0) is 35.6 Å². The lowest BCUT2D eigenvalue weighted by atomic mass is 9.98. The fraction of sp³-hybridized carbons (Fsp3) is 0.400. The number of carboxylic acid groups (broad SMARTS) is 1. The predicted octanol–water partition coefficient (Wildman–Crippen LogP) is 2.40. The number of nitrogens with one attached hydrogen (secondary N) is 1. The summed E-state index contributed by atoms with van der Waals surface area (Å²) < 4.78 is 29.1. The Bertz CT molecular complexity index is 1200. The first-order valence-electron chi connectivity index (χ1n) is 11.5. The van der Waals surface area contributed by atoms with Crippen LogP contribution in [-0.4, -0.2) is 73.1 Å². The van der Waals surface area contributed by atoms with Crippen molar-refractivity contribution in [3.8, 4) is 11.1 Å². The lowest BCUT2D eigenvalue weighted by Crippen LogP contribution is -2.46. The first-order chi connectivity index (χ1) is 16.6. The third-order valence-corrected chi connectivity index (χ3v) is 8.21. The van der Waals surface area contributed by atoms with E-state index >= 15 is 0 Å². The molecule has 2 amide bonds. The van der Waals surface area contributed by atoms with E-state index in [1.165, 1.54) is 0 Å². The highest BCUT2D eigenvalue weighted by atomic mass is 32.2. The SMILES string of the molecule is CC(CC(=O)N(CC(=O)O)C1CCS(=O)(=O)C1)NC(=O)OCC1c2ccccc2-c2ccccc21. The van der Waals surface area contributed by atoms with Gasteiger partial charge in [0.15, 0.2) is 9.84 Å². The van der Waals surface area contributed by atoms with E-state index in [-0.39, 0.29) is 36.9 Å². The lowest BCUT2D eigenvalue weighted by Gasteiger charge is -2.28. The van der Waals surface area contributed by atoms with Crippen molar-refractivity contribution < 1.29 is 32.6 Å². The average Bonchev–Trinajstić information content (AvgIpc) is 3.32. The minimum Gasteiger partial charge on any atom is -0.480 e. The maximum atomic E-state index is 12.8. The normalized spacial score (nSPS) is 18.8. The molecule has 2 N–H and O–H groups in total. The topological polar surface area (TPSA) is 130 Å². The molecule has 1 saturated heterocycles. The van der Waals surface area contributed by atoms with E-state index in [2.05, 4.69) is 5.32 Å². The van der Waals surface area contributed by atoms with E-state index < -0.39 is 46.4 Å². The van der Waals surface area contributed by atoms with Crippen molar-refractivity contribution in [2.45, 2.75) is 37.8 Å². The number of carbonyl (C=O) groups is 3. The van der Waals surface area contributed by atoms with E-state index in [9.17, 15) is 27.9 Å². The second-order valence-electron chi connectivity index (χ2n) is 9.05. The molecule has 0 radical (unpaired) electrons.